The summed E-state index contributed by atoms with van der Waals surface area (Å²) in [6, 6.07) is 4.17. The number of hydrogen-bond donors (Lipinski definition) is 2. The number of piperidine rings is 1. The molecule has 1 unspecified atom stereocenters. The zero-order chi connectivity index (χ0) is 18.3. The van der Waals surface area contributed by atoms with Gasteiger partial charge in [-0.15, -0.1) is 11.3 Å². The number of aliphatic imine (C=N–C) groups is 1. The summed E-state index contributed by atoms with van der Waals surface area (Å²) in [5.41, 5.74) is 5.49. The molecule has 140 valence electrons. The number of amides is 1. The van der Waals surface area contributed by atoms with E-state index in [0.29, 0.717) is 25.0 Å². The van der Waals surface area contributed by atoms with E-state index in [9.17, 15) is 4.79 Å². The monoisotopic (exact) mass is 366 g/mol. The molecule has 0 radical (unpaired) electrons. The first-order chi connectivity index (χ1) is 11.8. The Balaban J connectivity index is 1.72. The summed E-state index contributed by atoms with van der Waals surface area (Å²) >= 11 is 1.75. The lowest BCUT2D eigenvalue weighted by atomic mass is 9.98. The van der Waals surface area contributed by atoms with E-state index in [4.69, 9.17) is 10.5 Å². The van der Waals surface area contributed by atoms with E-state index in [1.165, 1.54) is 4.88 Å². The average molecular weight is 367 g/mol. The SMILES string of the molecule is CC(C)(C)OC(=O)N1CCCC(CN=C(N)NCCc2cccs2)C1. The molecule has 6 nitrogen and oxygen atoms in total. The number of nitrogens with one attached hydrogen (secondary N) is 1. The molecule has 0 aromatic carbocycles. The summed E-state index contributed by atoms with van der Waals surface area (Å²) in [4.78, 5) is 19.7. The smallest absolute Gasteiger partial charge is 0.410 e. The van der Waals surface area contributed by atoms with E-state index in [1.54, 1.807) is 16.2 Å². The quantitative estimate of drug-likeness (QED) is 0.620. The predicted molar refractivity (Wildman–Crippen MR) is 103 cm³/mol. The number of thiophene rings is 1. The lowest BCUT2D eigenvalue weighted by Gasteiger charge is -2.33. The Labute approximate surface area is 154 Å². The molecule has 1 aromatic rings. The molecule has 1 amide bonds. The number of rotatable bonds is 5. The number of nitrogens with two attached hydrogens (primary N) is 1. The van der Waals surface area contributed by atoms with Crippen LogP contribution in [0.2, 0.25) is 0 Å². The second-order valence-corrected chi connectivity index (χ2v) is 8.45. The summed E-state index contributed by atoms with van der Waals surface area (Å²) in [5.74, 6) is 0.810. The van der Waals surface area contributed by atoms with E-state index >= 15 is 0 Å². The molecule has 3 N–H and O–H groups in total. The first-order valence-corrected chi connectivity index (χ1v) is 9.75. The van der Waals surface area contributed by atoms with Gasteiger partial charge in [-0.1, -0.05) is 6.07 Å². The zero-order valence-electron chi connectivity index (χ0n) is 15.5. The number of nitrogens with zero attached hydrogens (tertiary/aromatic N) is 2. The van der Waals surface area contributed by atoms with E-state index in [-0.39, 0.29) is 6.09 Å². The molecular formula is C18H30N4O2S. The van der Waals surface area contributed by atoms with Gasteiger partial charge in [0.1, 0.15) is 5.60 Å². The maximum Gasteiger partial charge on any atom is 0.410 e. The van der Waals surface area contributed by atoms with E-state index in [2.05, 4.69) is 27.8 Å². The zero-order valence-corrected chi connectivity index (χ0v) is 16.3. The van der Waals surface area contributed by atoms with Crippen molar-refractivity contribution in [3.8, 4) is 0 Å². The van der Waals surface area contributed by atoms with Crippen molar-refractivity contribution in [1.29, 1.82) is 0 Å². The molecule has 1 saturated heterocycles. The number of hydrogen-bond acceptors (Lipinski definition) is 4. The van der Waals surface area contributed by atoms with E-state index in [0.717, 1.165) is 32.4 Å². The van der Waals surface area contributed by atoms with Gasteiger partial charge in [0.15, 0.2) is 5.96 Å². The lowest BCUT2D eigenvalue weighted by Crippen LogP contribution is -2.43. The van der Waals surface area contributed by atoms with Crippen LogP contribution in [0.3, 0.4) is 0 Å². The van der Waals surface area contributed by atoms with Gasteiger partial charge in [-0.05, 0) is 57.4 Å². The van der Waals surface area contributed by atoms with Crippen molar-refractivity contribution in [3.05, 3.63) is 22.4 Å². The molecular weight excluding hydrogens is 336 g/mol. The summed E-state index contributed by atoms with van der Waals surface area (Å²) in [7, 11) is 0. The van der Waals surface area contributed by atoms with E-state index < -0.39 is 5.60 Å². The van der Waals surface area contributed by atoms with Crippen molar-refractivity contribution in [2.75, 3.05) is 26.2 Å². The van der Waals surface area contributed by atoms with Crippen LogP contribution >= 0.6 is 11.3 Å². The summed E-state index contributed by atoms with van der Waals surface area (Å²) in [6.07, 6.45) is 2.75. The second-order valence-electron chi connectivity index (χ2n) is 7.42. The van der Waals surface area contributed by atoms with Crippen LogP contribution in [0, 0.1) is 5.92 Å². The third kappa shape index (κ3) is 7.34. The highest BCUT2D eigenvalue weighted by Gasteiger charge is 2.27. The maximum atomic E-state index is 12.2. The van der Waals surface area contributed by atoms with Crippen molar-refractivity contribution in [2.24, 2.45) is 16.6 Å². The summed E-state index contributed by atoms with van der Waals surface area (Å²) < 4.78 is 5.45. The first kappa shape index (κ1) is 19.6. The molecule has 1 aromatic heterocycles. The molecule has 1 atom stereocenters. The highest BCUT2D eigenvalue weighted by molar-refractivity contribution is 7.09. The van der Waals surface area contributed by atoms with Gasteiger partial charge in [-0.3, -0.25) is 4.99 Å². The number of carbonyl (C=O) groups is 1. The van der Waals surface area contributed by atoms with Crippen LogP contribution in [0.4, 0.5) is 4.79 Å². The third-order valence-electron chi connectivity index (χ3n) is 3.95. The normalized spacial score (nSPS) is 18.9. The Morgan fingerprint density at radius 3 is 3.00 bits per heavy atom. The van der Waals surface area contributed by atoms with Crippen molar-refractivity contribution in [1.82, 2.24) is 10.2 Å². The van der Waals surface area contributed by atoms with Crippen LogP contribution in [-0.4, -0.2) is 48.7 Å². The van der Waals surface area contributed by atoms with Crippen LogP contribution in [-0.2, 0) is 11.2 Å². The fourth-order valence-electron chi connectivity index (χ4n) is 2.76. The van der Waals surface area contributed by atoms with Crippen LogP contribution in [0.1, 0.15) is 38.5 Å². The summed E-state index contributed by atoms with van der Waals surface area (Å²) in [6.45, 7) is 8.52. The topological polar surface area (TPSA) is 80.0 Å². The minimum Gasteiger partial charge on any atom is -0.444 e. The largest absolute Gasteiger partial charge is 0.444 e. The Morgan fingerprint density at radius 2 is 2.32 bits per heavy atom. The Kier molecular flexibility index (Phi) is 7.11. The van der Waals surface area contributed by atoms with Crippen LogP contribution in [0.25, 0.3) is 0 Å². The van der Waals surface area contributed by atoms with Crippen LogP contribution in [0.5, 0.6) is 0 Å². The number of likely N-dealkylation sites (tertiary alicyclic amines) is 1. The Morgan fingerprint density at radius 1 is 1.52 bits per heavy atom. The molecule has 0 saturated carbocycles. The molecule has 0 spiro atoms. The molecule has 2 rings (SSSR count). The maximum absolute atomic E-state index is 12.2. The summed E-state index contributed by atoms with van der Waals surface area (Å²) in [5, 5.41) is 5.23. The van der Waals surface area contributed by atoms with Crippen molar-refractivity contribution < 1.29 is 9.53 Å². The minimum absolute atomic E-state index is 0.233. The van der Waals surface area contributed by atoms with Crippen molar-refractivity contribution >= 4 is 23.4 Å². The third-order valence-corrected chi connectivity index (χ3v) is 4.88. The molecule has 7 heteroatoms. The molecule has 0 aliphatic carbocycles. The molecule has 1 fully saturated rings. The van der Waals surface area contributed by atoms with Crippen molar-refractivity contribution in [3.63, 3.8) is 0 Å². The number of carbonyl (C=O) groups excluding carboxylic acids is 1. The van der Waals surface area contributed by atoms with Crippen molar-refractivity contribution in [2.45, 2.75) is 45.6 Å². The molecule has 25 heavy (non-hydrogen) atoms. The fraction of sp³-hybridized carbons (Fsp3) is 0.667. The average Bonchev–Trinajstić information content (AvgIpc) is 3.05. The highest BCUT2D eigenvalue weighted by Crippen LogP contribution is 2.19. The van der Waals surface area contributed by atoms with Gasteiger partial charge >= 0.3 is 6.09 Å². The van der Waals surface area contributed by atoms with Gasteiger partial charge in [0.05, 0.1) is 0 Å². The number of ether oxygens (including phenoxy) is 1. The van der Waals surface area contributed by atoms with Crippen LogP contribution < -0.4 is 11.1 Å². The standard InChI is InChI=1S/C18H30N4O2S/c1-18(2,3)24-17(23)22-10-4-6-14(13-22)12-21-16(19)20-9-8-15-7-5-11-25-15/h5,7,11,14H,4,6,8-10,12-13H2,1-3H3,(H3,19,20,21). The van der Waals surface area contributed by atoms with Gasteiger partial charge in [0.2, 0.25) is 0 Å². The first-order valence-electron chi connectivity index (χ1n) is 8.87. The van der Waals surface area contributed by atoms with Gasteiger partial charge in [0, 0.05) is 31.1 Å². The second kappa shape index (κ2) is 9.08. The lowest BCUT2D eigenvalue weighted by molar-refractivity contribution is 0.0171. The molecule has 0 bridgehead atoms. The Hall–Kier alpha value is -1.76. The highest BCUT2D eigenvalue weighted by atomic mass is 32.1. The predicted octanol–water partition coefficient (Wildman–Crippen LogP) is 2.84. The molecule has 1 aliphatic rings. The van der Waals surface area contributed by atoms with Gasteiger partial charge in [-0.2, -0.15) is 0 Å². The molecule has 2 heterocycles. The van der Waals surface area contributed by atoms with Gasteiger partial charge in [0.25, 0.3) is 0 Å². The van der Waals surface area contributed by atoms with Gasteiger partial charge < -0.3 is 20.7 Å². The fourth-order valence-corrected chi connectivity index (χ4v) is 3.47. The minimum atomic E-state index is -0.459. The Bertz CT molecular complexity index is 566. The van der Waals surface area contributed by atoms with Crippen LogP contribution in [0.15, 0.2) is 22.5 Å². The molecule has 1 aliphatic heterocycles. The van der Waals surface area contributed by atoms with Gasteiger partial charge in [-0.25, -0.2) is 4.79 Å². The number of guanidine groups is 1. The van der Waals surface area contributed by atoms with E-state index in [1.807, 2.05) is 20.8 Å².